The second kappa shape index (κ2) is 7.35. The number of para-hydroxylation sites is 1. The van der Waals surface area contributed by atoms with Crippen LogP contribution in [0.5, 0.6) is 0 Å². The largest absolute Gasteiger partial charge is 0.326 e. The molecule has 0 aliphatic rings. The first-order valence-corrected chi connectivity index (χ1v) is 7.55. The third-order valence-electron chi connectivity index (χ3n) is 3.56. The van der Waals surface area contributed by atoms with E-state index in [2.05, 4.69) is 27.5 Å². The number of aromatic nitrogens is 3. The van der Waals surface area contributed by atoms with E-state index in [0.717, 1.165) is 17.7 Å². The first-order valence-electron chi connectivity index (χ1n) is 7.55. The van der Waals surface area contributed by atoms with Crippen LogP contribution >= 0.6 is 0 Å². The van der Waals surface area contributed by atoms with Crippen LogP contribution in [0.4, 0.5) is 5.69 Å². The van der Waals surface area contributed by atoms with Crippen LogP contribution in [0.15, 0.2) is 67.3 Å². The number of rotatable bonds is 6. The predicted octanol–water partition coefficient (Wildman–Crippen LogP) is 2.90. The normalized spacial score (nSPS) is 10.4. The molecule has 1 aromatic heterocycles. The topological polar surface area (TPSA) is 59.8 Å². The molecule has 0 fully saturated rings. The molecule has 5 heteroatoms. The first kappa shape index (κ1) is 15.0. The number of carbonyl (C=O) groups excluding carboxylic acids is 1. The van der Waals surface area contributed by atoms with E-state index in [4.69, 9.17) is 0 Å². The quantitative estimate of drug-likeness (QED) is 0.762. The maximum atomic E-state index is 12.1. The summed E-state index contributed by atoms with van der Waals surface area (Å²) in [5.41, 5.74) is 3.18. The molecule has 0 unspecified atom stereocenters. The molecule has 1 amide bonds. The zero-order valence-corrected chi connectivity index (χ0v) is 12.7. The molecule has 0 bridgehead atoms. The molecule has 0 spiro atoms. The van der Waals surface area contributed by atoms with Gasteiger partial charge in [-0.1, -0.05) is 48.5 Å². The van der Waals surface area contributed by atoms with E-state index in [1.807, 2.05) is 42.5 Å². The summed E-state index contributed by atoms with van der Waals surface area (Å²) in [6.45, 7) is 0.521. The molecule has 0 aliphatic heterocycles. The molecular weight excluding hydrogens is 288 g/mol. The maximum absolute atomic E-state index is 12.1. The molecule has 116 valence electrons. The van der Waals surface area contributed by atoms with Gasteiger partial charge in [0.15, 0.2) is 0 Å². The van der Waals surface area contributed by atoms with Gasteiger partial charge in [-0.2, -0.15) is 5.10 Å². The third kappa shape index (κ3) is 4.26. The van der Waals surface area contributed by atoms with Gasteiger partial charge in [0, 0.05) is 12.1 Å². The molecule has 0 radical (unpaired) electrons. The lowest BCUT2D eigenvalue weighted by Gasteiger charge is -2.11. The Bertz CT molecular complexity index is 754. The lowest BCUT2D eigenvalue weighted by atomic mass is 10.0. The van der Waals surface area contributed by atoms with Crippen molar-refractivity contribution >= 4 is 11.6 Å². The van der Waals surface area contributed by atoms with Crippen molar-refractivity contribution in [3.63, 3.8) is 0 Å². The minimum Gasteiger partial charge on any atom is -0.326 e. The van der Waals surface area contributed by atoms with E-state index in [0.29, 0.717) is 13.0 Å². The molecule has 0 saturated heterocycles. The summed E-state index contributed by atoms with van der Waals surface area (Å²) < 4.78 is 1.65. The Morgan fingerprint density at radius 1 is 1.04 bits per heavy atom. The number of benzene rings is 2. The third-order valence-corrected chi connectivity index (χ3v) is 3.56. The van der Waals surface area contributed by atoms with Crippen molar-refractivity contribution in [2.75, 3.05) is 5.32 Å². The van der Waals surface area contributed by atoms with Gasteiger partial charge in [-0.25, -0.2) is 4.98 Å². The molecule has 1 heterocycles. The highest BCUT2D eigenvalue weighted by atomic mass is 16.1. The fourth-order valence-electron chi connectivity index (χ4n) is 2.39. The highest BCUT2D eigenvalue weighted by Crippen LogP contribution is 2.19. The van der Waals surface area contributed by atoms with Crippen LogP contribution in [0.2, 0.25) is 0 Å². The van der Waals surface area contributed by atoms with Gasteiger partial charge in [-0.15, -0.1) is 0 Å². The molecule has 0 saturated carbocycles. The van der Waals surface area contributed by atoms with E-state index < -0.39 is 0 Å². The molecule has 2 aromatic carbocycles. The summed E-state index contributed by atoms with van der Waals surface area (Å²) in [6, 6.07) is 18.1. The van der Waals surface area contributed by atoms with Gasteiger partial charge in [0.25, 0.3) is 0 Å². The first-order chi connectivity index (χ1) is 11.3. The fourth-order valence-corrected chi connectivity index (χ4v) is 2.39. The molecule has 3 rings (SSSR count). The van der Waals surface area contributed by atoms with Gasteiger partial charge < -0.3 is 5.32 Å². The second-order valence-electron chi connectivity index (χ2n) is 5.28. The highest BCUT2D eigenvalue weighted by molar-refractivity contribution is 5.91. The number of nitrogens with one attached hydrogen (secondary N) is 1. The van der Waals surface area contributed by atoms with Crippen molar-refractivity contribution in [1.29, 1.82) is 0 Å². The van der Waals surface area contributed by atoms with E-state index in [9.17, 15) is 4.79 Å². The average molecular weight is 306 g/mol. The van der Waals surface area contributed by atoms with Crippen LogP contribution in [0, 0.1) is 0 Å². The number of nitrogens with zero attached hydrogens (tertiary/aromatic N) is 3. The van der Waals surface area contributed by atoms with Gasteiger partial charge in [-0.3, -0.25) is 9.48 Å². The standard InChI is InChI=1S/C18H18N4O/c23-18(10-11-22-14-19-13-20-22)21-17-9-5-4-8-16(17)12-15-6-2-1-3-7-15/h1-9,13-14H,10-12H2,(H,21,23). The minimum atomic E-state index is -0.0268. The molecule has 0 atom stereocenters. The van der Waals surface area contributed by atoms with E-state index in [-0.39, 0.29) is 5.91 Å². The molecule has 1 N–H and O–H groups in total. The minimum absolute atomic E-state index is 0.0268. The second-order valence-corrected chi connectivity index (χ2v) is 5.28. The Morgan fingerprint density at radius 2 is 1.83 bits per heavy atom. The van der Waals surface area contributed by atoms with Crippen LogP contribution < -0.4 is 5.32 Å². The molecule has 0 aliphatic carbocycles. The molecule has 5 nitrogen and oxygen atoms in total. The summed E-state index contributed by atoms with van der Waals surface area (Å²) in [5.74, 6) is -0.0268. The zero-order valence-electron chi connectivity index (χ0n) is 12.7. The van der Waals surface area contributed by atoms with Gasteiger partial charge in [0.1, 0.15) is 12.7 Å². The summed E-state index contributed by atoms with van der Waals surface area (Å²) in [4.78, 5) is 16.0. The Morgan fingerprint density at radius 3 is 2.61 bits per heavy atom. The summed E-state index contributed by atoms with van der Waals surface area (Å²) in [5, 5.41) is 6.99. The Labute approximate surface area is 135 Å². The molecular formula is C18H18N4O. The van der Waals surface area contributed by atoms with E-state index in [1.165, 1.54) is 11.9 Å². The van der Waals surface area contributed by atoms with Crippen molar-refractivity contribution in [1.82, 2.24) is 14.8 Å². The zero-order chi connectivity index (χ0) is 15.9. The van der Waals surface area contributed by atoms with Crippen LogP contribution in [0.1, 0.15) is 17.5 Å². The summed E-state index contributed by atoms with van der Waals surface area (Å²) in [6.07, 6.45) is 4.23. The van der Waals surface area contributed by atoms with Gasteiger partial charge >= 0.3 is 0 Å². The van der Waals surface area contributed by atoms with E-state index >= 15 is 0 Å². The van der Waals surface area contributed by atoms with Crippen LogP contribution in [0.25, 0.3) is 0 Å². The number of hydrogen-bond donors (Lipinski definition) is 1. The number of hydrogen-bond acceptors (Lipinski definition) is 3. The van der Waals surface area contributed by atoms with Gasteiger partial charge in [0.2, 0.25) is 5.91 Å². The predicted molar refractivity (Wildman–Crippen MR) is 89.0 cm³/mol. The monoisotopic (exact) mass is 306 g/mol. The van der Waals surface area contributed by atoms with Crippen molar-refractivity contribution in [3.05, 3.63) is 78.4 Å². The SMILES string of the molecule is O=C(CCn1cncn1)Nc1ccccc1Cc1ccccc1. The Balaban J connectivity index is 1.64. The van der Waals surface area contributed by atoms with Gasteiger partial charge in [-0.05, 0) is 23.6 Å². The molecule has 23 heavy (non-hydrogen) atoms. The molecule has 3 aromatic rings. The highest BCUT2D eigenvalue weighted by Gasteiger charge is 2.07. The number of amides is 1. The smallest absolute Gasteiger partial charge is 0.226 e. The number of carbonyl (C=O) groups is 1. The fraction of sp³-hybridized carbons (Fsp3) is 0.167. The summed E-state index contributed by atoms with van der Waals surface area (Å²) >= 11 is 0. The van der Waals surface area contributed by atoms with Crippen molar-refractivity contribution in [2.24, 2.45) is 0 Å². The van der Waals surface area contributed by atoms with Crippen LogP contribution in [-0.2, 0) is 17.8 Å². The lowest BCUT2D eigenvalue weighted by Crippen LogP contribution is -2.15. The maximum Gasteiger partial charge on any atom is 0.226 e. The average Bonchev–Trinajstić information content (AvgIpc) is 3.09. The Kier molecular flexibility index (Phi) is 4.79. The summed E-state index contributed by atoms with van der Waals surface area (Å²) in [7, 11) is 0. The van der Waals surface area contributed by atoms with Crippen molar-refractivity contribution in [2.45, 2.75) is 19.4 Å². The Hall–Kier alpha value is -2.95. The van der Waals surface area contributed by atoms with E-state index in [1.54, 1.807) is 11.0 Å². The van der Waals surface area contributed by atoms with Crippen LogP contribution in [-0.4, -0.2) is 20.7 Å². The van der Waals surface area contributed by atoms with Crippen molar-refractivity contribution in [3.8, 4) is 0 Å². The number of anilines is 1. The van der Waals surface area contributed by atoms with Crippen molar-refractivity contribution < 1.29 is 4.79 Å². The van der Waals surface area contributed by atoms with Crippen LogP contribution in [0.3, 0.4) is 0 Å². The van der Waals surface area contributed by atoms with Gasteiger partial charge in [0.05, 0.1) is 6.54 Å². The number of aryl methyl sites for hydroxylation is 1. The lowest BCUT2D eigenvalue weighted by molar-refractivity contribution is -0.116.